The zero-order chi connectivity index (χ0) is 14.3. The summed E-state index contributed by atoms with van der Waals surface area (Å²) in [6.07, 6.45) is 4.14. The van der Waals surface area contributed by atoms with Gasteiger partial charge in [0.05, 0.1) is 6.10 Å². The molecule has 1 aliphatic carbocycles. The second-order valence-electron chi connectivity index (χ2n) is 4.79. The number of fused-ring (bicyclic) bond motifs is 1. The maximum Gasteiger partial charge on any atom is 0.260 e. The lowest BCUT2D eigenvalue weighted by atomic mass is 10.2. The molecule has 0 saturated heterocycles. The van der Waals surface area contributed by atoms with Gasteiger partial charge in [0.1, 0.15) is 0 Å². The summed E-state index contributed by atoms with van der Waals surface area (Å²) in [7, 11) is -2.12. The van der Waals surface area contributed by atoms with Crippen molar-refractivity contribution in [1.29, 1.82) is 0 Å². The van der Waals surface area contributed by atoms with E-state index in [4.69, 9.17) is 10.5 Å². The molecule has 1 aliphatic rings. The topological polar surface area (TPSA) is 98.7 Å². The van der Waals surface area contributed by atoms with E-state index in [1.54, 1.807) is 18.7 Å². The van der Waals surface area contributed by atoms with Crippen LogP contribution in [0.5, 0.6) is 0 Å². The van der Waals surface area contributed by atoms with E-state index < -0.39 is 10.0 Å². The van der Waals surface area contributed by atoms with Crippen LogP contribution in [0.25, 0.3) is 4.96 Å². The fourth-order valence-corrected chi connectivity index (χ4v) is 4.93. The van der Waals surface area contributed by atoms with Crippen molar-refractivity contribution in [2.45, 2.75) is 36.4 Å². The first-order valence-electron chi connectivity index (χ1n) is 6.29. The van der Waals surface area contributed by atoms with Crippen molar-refractivity contribution in [1.82, 2.24) is 14.1 Å². The first-order valence-corrected chi connectivity index (χ1v) is 8.65. The van der Waals surface area contributed by atoms with Gasteiger partial charge in [0.2, 0.25) is 0 Å². The van der Waals surface area contributed by atoms with Crippen LogP contribution < -0.4 is 10.5 Å². The molecule has 3 N–H and O–H groups in total. The minimum absolute atomic E-state index is 0.00973. The highest BCUT2D eigenvalue weighted by molar-refractivity contribution is 7.89. The largest absolute Gasteiger partial charge is 0.381 e. The number of aromatic nitrogens is 2. The average molecular weight is 316 g/mol. The van der Waals surface area contributed by atoms with Crippen LogP contribution in [-0.4, -0.2) is 37.1 Å². The smallest absolute Gasteiger partial charge is 0.260 e. The Morgan fingerprint density at radius 1 is 1.55 bits per heavy atom. The van der Waals surface area contributed by atoms with Gasteiger partial charge in [0.25, 0.3) is 10.0 Å². The van der Waals surface area contributed by atoms with Gasteiger partial charge in [-0.3, -0.25) is 4.40 Å². The maximum atomic E-state index is 12.5. The second kappa shape index (κ2) is 4.99. The van der Waals surface area contributed by atoms with Crippen LogP contribution in [0, 0.1) is 0 Å². The van der Waals surface area contributed by atoms with E-state index in [-0.39, 0.29) is 23.0 Å². The van der Waals surface area contributed by atoms with E-state index in [9.17, 15) is 8.42 Å². The number of ether oxygens (including phenoxy) is 1. The molecule has 20 heavy (non-hydrogen) atoms. The SMILES string of the molecule is COC1CCCC1NS(=O)(=O)c1c(N)nc2sccn12. The molecule has 2 heterocycles. The van der Waals surface area contributed by atoms with E-state index >= 15 is 0 Å². The quantitative estimate of drug-likeness (QED) is 0.870. The number of imidazole rings is 1. The summed E-state index contributed by atoms with van der Waals surface area (Å²) in [5.41, 5.74) is 5.75. The molecule has 3 rings (SSSR count). The second-order valence-corrected chi connectivity index (χ2v) is 7.29. The van der Waals surface area contributed by atoms with Crippen LogP contribution in [0.2, 0.25) is 0 Å². The Labute approximate surface area is 120 Å². The highest BCUT2D eigenvalue weighted by atomic mass is 32.2. The molecule has 0 aromatic carbocycles. The summed E-state index contributed by atoms with van der Waals surface area (Å²) in [6.45, 7) is 0. The standard InChI is InChI=1S/C11H16N4O3S2/c1-18-8-4-2-3-7(8)14-20(16,17)10-9(12)13-11-15(10)5-6-19-11/h5-8,14H,2-4,12H2,1H3. The van der Waals surface area contributed by atoms with Gasteiger partial charge in [-0.15, -0.1) is 11.3 Å². The van der Waals surface area contributed by atoms with Gasteiger partial charge in [-0.2, -0.15) is 0 Å². The Kier molecular flexibility index (Phi) is 3.44. The number of hydrogen-bond donors (Lipinski definition) is 2. The van der Waals surface area contributed by atoms with Gasteiger partial charge < -0.3 is 10.5 Å². The monoisotopic (exact) mass is 316 g/mol. The molecule has 0 amide bonds. The zero-order valence-electron chi connectivity index (χ0n) is 10.9. The number of anilines is 1. The van der Waals surface area contributed by atoms with Crippen molar-refractivity contribution in [2.24, 2.45) is 0 Å². The molecular weight excluding hydrogens is 300 g/mol. The van der Waals surface area contributed by atoms with Crippen molar-refractivity contribution in [3.05, 3.63) is 11.6 Å². The third-order valence-electron chi connectivity index (χ3n) is 3.56. The highest BCUT2D eigenvalue weighted by Gasteiger charge is 2.33. The lowest BCUT2D eigenvalue weighted by molar-refractivity contribution is 0.0916. The molecule has 2 aromatic heterocycles. The molecule has 110 valence electrons. The molecule has 2 unspecified atom stereocenters. The molecule has 1 fully saturated rings. The number of thiazole rings is 1. The van der Waals surface area contributed by atoms with Crippen LogP contribution in [0.15, 0.2) is 16.6 Å². The Morgan fingerprint density at radius 3 is 3.10 bits per heavy atom. The molecule has 2 aromatic rings. The van der Waals surface area contributed by atoms with Crippen LogP contribution >= 0.6 is 11.3 Å². The summed E-state index contributed by atoms with van der Waals surface area (Å²) in [5, 5.41) is 1.78. The van der Waals surface area contributed by atoms with Crippen molar-refractivity contribution in [3.63, 3.8) is 0 Å². The third-order valence-corrected chi connectivity index (χ3v) is 5.84. The van der Waals surface area contributed by atoms with E-state index in [0.717, 1.165) is 19.3 Å². The lowest BCUT2D eigenvalue weighted by Crippen LogP contribution is -2.41. The number of methoxy groups -OCH3 is 1. The number of nitrogens with zero attached hydrogens (tertiary/aromatic N) is 2. The van der Waals surface area contributed by atoms with E-state index in [0.29, 0.717) is 4.96 Å². The molecule has 9 heteroatoms. The number of nitrogens with one attached hydrogen (secondary N) is 1. The summed E-state index contributed by atoms with van der Waals surface area (Å²) < 4.78 is 34.6. The number of nitrogens with two attached hydrogens (primary N) is 1. The first kappa shape index (κ1) is 13.8. The third kappa shape index (κ3) is 2.20. The van der Waals surface area contributed by atoms with E-state index in [1.807, 2.05) is 0 Å². The summed E-state index contributed by atoms with van der Waals surface area (Å²) >= 11 is 1.34. The molecule has 7 nitrogen and oxygen atoms in total. The Morgan fingerprint density at radius 2 is 2.35 bits per heavy atom. The van der Waals surface area contributed by atoms with Gasteiger partial charge in [-0.1, -0.05) is 0 Å². The van der Waals surface area contributed by atoms with Gasteiger partial charge in [-0.05, 0) is 19.3 Å². The number of rotatable bonds is 4. The summed E-state index contributed by atoms with van der Waals surface area (Å²) in [5.74, 6) is 0.0244. The van der Waals surface area contributed by atoms with Crippen molar-refractivity contribution >= 4 is 32.1 Å². The summed E-state index contributed by atoms with van der Waals surface area (Å²) in [4.78, 5) is 4.63. The summed E-state index contributed by atoms with van der Waals surface area (Å²) in [6, 6.07) is -0.214. The molecule has 0 aliphatic heterocycles. The average Bonchev–Trinajstić information content (AvgIpc) is 3.03. The minimum Gasteiger partial charge on any atom is -0.381 e. The number of nitrogen functional groups attached to an aromatic ring is 1. The van der Waals surface area contributed by atoms with Gasteiger partial charge in [0.15, 0.2) is 15.8 Å². The van der Waals surface area contributed by atoms with Crippen molar-refractivity contribution < 1.29 is 13.2 Å². The molecule has 0 bridgehead atoms. The normalized spacial score (nSPS) is 23.6. The highest BCUT2D eigenvalue weighted by Crippen LogP contribution is 2.27. The molecular formula is C11H16N4O3S2. The van der Waals surface area contributed by atoms with Gasteiger partial charge >= 0.3 is 0 Å². The van der Waals surface area contributed by atoms with Crippen molar-refractivity contribution in [3.8, 4) is 0 Å². The first-order chi connectivity index (χ1) is 9.53. The molecule has 0 radical (unpaired) electrons. The van der Waals surface area contributed by atoms with Gasteiger partial charge in [0, 0.05) is 24.7 Å². The molecule has 1 saturated carbocycles. The van der Waals surface area contributed by atoms with E-state index in [2.05, 4.69) is 9.71 Å². The molecule has 0 spiro atoms. The van der Waals surface area contributed by atoms with Crippen LogP contribution in [0.1, 0.15) is 19.3 Å². The fourth-order valence-electron chi connectivity index (χ4n) is 2.65. The Hall–Kier alpha value is -1.16. The van der Waals surface area contributed by atoms with Crippen molar-refractivity contribution in [2.75, 3.05) is 12.8 Å². The van der Waals surface area contributed by atoms with Crippen LogP contribution in [0.3, 0.4) is 0 Å². The fraction of sp³-hybridized carbons (Fsp3) is 0.545. The number of sulfonamides is 1. The molecule has 2 atom stereocenters. The van der Waals surface area contributed by atoms with Gasteiger partial charge in [-0.25, -0.2) is 18.1 Å². The Bertz CT molecular complexity index is 721. The van der Waals surface area contributed by atoms with Crippen LogP contribution in [-0.2, 0) is 14.8 Å². The zero-order valence-corrected chi connectivity index (χ0v) is 12.6. The minimum atomic E-state index is -3.72. The van der Waals surface area contributed by atoms with E-state index in [1.165, 1.54) is 15.7 Å². The van der Waals surface area contributed by atoms with Crippen LogP contribution in [0.4, 0.5) is 5.82 Å². The predicted octanol–water partition coefficient (Wildman–Crippen LogP) is 0.824. The Balaban J connectivity index is 1.95. The number of hydrogen-bond acceptors (Lipinski definition) is 6. The lowest BCUT2D eigenvalue weighted by Gasteiger charge is -2.19. The maximum absolute atomic E-state index is 12.5. The predicted molar refractivity (Wildman–Crippen MR) is 76.2 cm³/mol.